The fraction of sp³-hybridized carbons (Fsp3) is 0.952. The molecule has 0 saturated heterocycles. The molecule has 4 fully saturated rings. The molecule has 0 heterocycles. The van der Waals surface area contributed by atoms with Crippen LogP contribution in [0, 0.1) is 40.9 Å². The van der Waals surface area contributed by atoms with Crippen LogP contribution in [0.25, 0.3) is 0 Å². The Hall–Kier alpha value is -0.480. The SMILES string of the molecule is CC12CCC3C4CCC(O)(CF)CC4CCC3C1CCC2C(=O)CO. The minimum absolute atomic E-state index is 0.0443. The van der Waals surface area contributed by atoms with Gasteiger partial charge in [0, 0.05) is 5.92 Å². The van der Waals surface area contributed by atoms with Gasteiger partial charge in [-0.1, -0.05) is 6.92 Å². The summed E-state index contributed by atoms with van der Waals surface area (Å²) in [5, 5.41) is 19.7. The lowest BCUT2D eigenvalue weighted by Crippen LogP contribution is -2.52. The van der Waals surface area contributed by atoms with E-state index in [9.17, 15) is 19.4 Å². The number of aliphatic hydroxyl groups is 2. The summed E-state index contributed by atoms with van der Waals surface area (Å²) in [7, 11) is 0. The summed E-state index contributed by atoms with van der Waals surface area (Å²) in [4.78, 5) is 12.3. The molecule has 2 N–H and O–H groups in total. The summed E-state index contributed by atoms with van der Waals surface area (Å²) in [6, 6.07) is 0. The molecule has 25 heavy (non-hydrogen) atoms. The number of aliphatic hydroxyl groups excluding tert-OH is 1. The molecule has 0 aromatic heterocycles. The summed E-state index contributed by atoms with van der Waals surface area (Å²) in [5.74, 6) is 3.21. The first-order valence-electron chi connectivity index (χ1n) is 10.3. The molecule has 3 nitrogen and oxygen atoms in total. The number of ketones is 1. The van der Waals surface area contributed by atoms with E-state index in [-0.39, 0.29) is 23.7 Å². The maximum atomic E-state index is 13.2. The second-order valence-corrected chi connectivity index (χ2v) is 9.84. The van der Waals surface area contributed by atoms with Crippen LogP contribution in [0.2, 0.25) is 0 Å². The third-order valence-electron chi connectivity index (χ3n) is 8.90. The highest BCUT2D eigenvalue weighted by molar-refractivity contribution is 5.83. The van der Waals surface area contributed by atoms with Gasteiger partial charge in [-0.2, -0.15) is 0 Å². The zero-order chi connectivity index (χ0) is 17.8. The lowest BCUT2D eigenvalue weighted by molar-refractivity contribution is -0.135. The van der Waals surface area contributed by atoms with Crippen LogP contribution in [0.4, 0.5) is 4.39 Å². The Bertz CT molecular complexity index is 537. The number of halogens is 1. The standard InChI is InChI=1S/C21H33FO3/c1-20-8-6-15-14-7-9-21(25,12-22)10-13(14)2-3-16(15)17(20)4-5-18(20)19(24)11-23/h13-18,23,25H,2-12H2,1H3. The average molecular weight is 352 g/mol. The molecule has 0 amide bonds. The number of carbonyl (C=O) groups is 1. The Morgan fingerprint density at radius 3 is 2.52 bits per heavy atom. The van der Waals surface area contributed by atoms with Gasteiger partial charge in [0.25, 0.3) is 0 Å². The second kappa shape index (κ2) is 6.30. The van der Waals surface area contributed by atoms with Gasteiger partial charge in [-0.25, -0.2) is 4.39 Å². The van der Waals surface area contributed by atoms with Crippen molar-refractivity contribution in [1.82, 2.24) is 0 Å². The zero-order valence-electron chi connectivity index (χ0n) is 15.4. The maximum Gasteiger partial charge on any atom is 0.161 e. The van der Waals surface area contributed by atoms with Crippen molar-refractivity contribution < 1.29 is 19.4 Å². The van der Waals surface area contributed by atoms with E-state index in [0.29, 0.717) is 42.4 Å². The van der Waals surface area contributed by atoms with Crippen molar-refractivity contribution in [2.45, 2.75) is 70.3 Å². The van der Waals surface area contributed by atoms with Gasteiger partial charge < -0.3 is 10.2 Å². The Labute approximate surface area is 150 Å². The molecule has 0 aromatic carbocycles. The molecule has 0 spiro atoms. The van der Waals surface area contributed by atoms with E-state index in [2.05, 4.69) is 6.92 Å². The molecular weight excluding hydrogens is 319 g/mol. The molecule has 0 aliphatic heterocycles. The number of fused-ring (bicyclic) bond motifs is 5. The first-order valence-corrected chi connectivity index (χ1v) is 10.3. The highest BCUT2D eigenvalue weighted by Crippen LogP contribution is 2.64. The third-order valence-corrected chi connectivity index (χ3v) is 8.90. The van der Waals surface area contributed by atoms with E-state index in [1.807, 2.05) is 0 Å². The first-order chi connectivity index (χ1) is 11.9. The summed E-state index contributed by atoms with van der Waals surface area (Å²) in [6.07, 6.45) is 8.84. The van der Waals surface area contributed by atoms with Gasteiger partial charge in [0.05, 0.1) is 5.60 Å². The Morgan fingerprint density at radius 1 is 1.04 bits per heavy atom. The van der Waals surface area contributed by atoms with Gasteiger partial charge in [0.15, 0.2) is 5.78 Å². The lowest BCUT2D eigenvalue weighted by Gasteiger charge is -2.56. The van der Waals surface area contributed by atoms with Crippen LogP contribution in [0.5, 0.6) is 0 Å². The normalized spacial score (nSPS) is 52.2. The summed E-state index contributed by atoms with van der Waals surface area (Å²) >= 11 is 0. The van der Waals surface area contributed by atoms with Gasteiger partial charge in [0.2, 0.25) is 0 Å². The van der Waals surface area contributed by atoms with Gasteiger partial charge in [-0.05, 0) is 92.8 Å². The first kappa shape index (κ1) is 17.9. The molecule has 8 atom stereocenters. The molecule has 4 aliphatic rings. The van der Waals surface area contributed by atoms with E-state index in [4.69, 9.17) is 0 Å². The van der Waals surface area contributed by atoms with Crippen LogP contribution in [-0.4, -0.2) is 34.9 Å². The quantitative estimate of drug-likeness (QED) is 0.817. The highest BCUT2D eigenvalue weighted by Gasteiger charge is 2.58. The van der Waals surface area contributed by atoms with Crippen LogP contribution in [0.15, 0.2) is 0 Å². The largest absolute Gasteiger partial charge is 0.389 e. The average Bonchev–Trinajstić information content (AvgIpc) is 2.98. The van der Waals surface area contributed by atoms with Gasteiger partial charge in [-0.3, -0.25) is 4.79 Å². The third kappa shape index (κ3) is 2.70. The fourth-order valence-corrected chi connectivity index (χ4v) is 7.72. The van der Waals surface area contributed by atoms with Crippen molar-refractivity contribution in [2.24, 2.45) is 40.9 Å². The summed E-state index contributed by atoms with van der Waals surface area (Å²) in [5.41, 5.74) is -0.995. The van der Waals surface area contributed by atoms with Gasteiger partial charge in [-0.15, -0.1) is 0 Å². The van der Waals surface area contributed by atoms with Crippen LogP contribution in [0.1, 0.15) is 64.7 Å². The van der Waals surface area contributed by atoms with E-state index in [0.717, 1.165) is 32.1 Å². The van der Waals surface area contributed by atoms with Crippen molar-refractivity contribution in [3.63, 3.8) is 0 Å². The topological polar surface area (TPSA) is 57.5 Å². The summed E-state index contributed by atoms with van der Waals surface area (Å²) in [6.45, 7) is 1.39. The van der Waals surface area contributed by atoms with E-state index in [1.54, 1.807) is 0 Å². The Morgan fingerprint density at radius 2 is 1.80 bits per heavy atom. The molecule has 8 unspecified atom stereocenters. The van der Waals surface area contributed by atoms with Crippen molar-refractivity contribution >= 4 is 5.78 Å². The molecule has 0 aromatic rings. The molecule has 142 valence electrons. The van der Waals surface area contributed by atoms with E-state index in [1.165, 1.54) is 12.8 Å². The van der Waals surface area contributed by atoms with Gasteiger partial charge >= 0.3 is 0 Å². The van der Waals surface area contributed by atoms with Crippen molar-refractivity contribution in [3.05, 3.63) is 0 Å². The monoisotopic (exact) mass is 352 g/mol. The Kier molecular flexibility index (Phi) is 4.51. The number of rotatable bonds is 3. The summed E-state index contributed by atoms with van der Waals surface area (Å²) < 4.78 is 13.2. The molecule has 0 bridgehead atoms. The van der Waals surface area contributed by atoms with Crippen molar-refractivity contribution in [1.29, 1.82) is 0 Å². The van der Waals surface area contributed by atoms with E-state index >= 15 is 0 Å². The maximum absolute atomic E-state index is 13.2. The molecule has 4 saturated carbocycles. The minimum atomic E-state index is -1.07. The smallest absolute Gasteiger partial charge is 0.161 e. The number of carbonyl (C=O) groups excluding carboxylic acids is 1. The zero-order valence-corrected chi connectivity index (χ0v) is 15.4. The molecule has 4 rings (SSSR count). The highest BCUT2D eigenvalue weighted by atomic mass is 19.1. The second-order valence-electron chi connectivity index (χ2n) is 9.84. The van der Waals surface area contributed by atoms with Crippen molar-refractivity contribution in [2.75, 3.05) is 13.3 Å². The van der Waals surface area contributed by atoms with Crippen LogP contribution in [-0.2, 0) is 4.79 Å². The Balaban J connectivity index is 1.52. The predicted octanol–water partition coefficient (Wildman–Crippen LogP) is 3.52. The lowest BCUT2D eigenvalue weighted by atomic mass is 9.49. The van der Waals surface area contributed by atoms with Gasteiger partial charge in [0.1, 0.15) is 13.3 Å². The number of hydrogen-bond donors (Lipinski definition) is 2. The molecule has 0 radical (unpaired) electrons. The van der Waals surface area contributed by atoms with Crippen LogP contribution in [0.3, 0.4) is 0 Å². The van der Waals surface area contributed by atoms with Crippen LogP contribution >= 0.6 is 0 Å². The molecule has 4 heteroatoms. The predicted molar refractivity (Wildman–Crippen MR) is 93.6 cm³/mol. The fourth-order valence-electron chi connectivity index (χ4n) is 7.72. The van der Waals surface area contributed by atoms with Crippen LogP contribution < -0.4 is 0 Å². The van der Waals surface area contributed by atoms with E-state index < -0.39 is 12.3 Å². The molecular formula is C21H33FO3. The number of hydrogen-bond acceptors (Lipinski definition) is 3. The molecule has 4 aliphatic carbocycles. The number of Topliss-reactive ketones (excluding diaryl/α,β-unsaturated/α-hetero) is 1. The number of alkyl halides is 1. The van der Waals surface area contributed by atoms with Crippen molar-refractivity contribution in [3.8, 4) is 0 Å². The minimum Gasteiger partial charge on any atom is -0.389 e.